The number of carbonyl (C=O) groups excluding carboxylic acids is 1. The van der Waals surface area contributed by atoms with Crippen LogP contribution < -0.4 is 5.32 Å². The van der Waals surface area contributed by atoms with Gasteiger partial charge in [0.05, 0.1) is 4.90 Å². The highest BCUT2D eigenvalue weighted by Gasteiger charge is 2.33. The van der Waals surface area contributed by atoms with Crippen molar-refractivity contribution in [2.45, 2.75) is 44.6 Å². The maximum Gasteiger partial charge on any atom is 0.317 e. The Hall–Kier alpha value is -1.60. The first kappa shape index (κ1) is 17.2. The molecule has 0 radical (unpaired) electrons. The summed E-state index contributed by atoms with van der Waals surface area (Å²) < 4.78 is 27.5. The van der Waals surface area contributed by atoms with Crippen LogP contribution in [0.2, 0.25) is 0 Å². The number of carbonyl (C=O) groups is 1. The van der Waals surface area contributed by atoms with Gasteiger partial charge in [-0.25, -0.2) is 13.2 Å². The summed E-state index contributed by atoms with van der Waals surface area (Å²) in [5, 5.41) is 2.95. The molecule has 1 aliphatic carbocycles. The summed E-state index contributed by atoms with van der Waals surface area (Å²) in [4.78, 5) is 14.2. The van der Waals surface area contributed by atoms with Crippen LogP contribution in [-0.4, -0.2) is 55.9 Å². The first-order chi connectivity index (χ1) is 11.3. The molecule has 6 nitrogen and oxygen atoms in total. The van der Waals surface area contributed by atoms with Crippen molar-refractivity contribution >= 4 is 16.1 Å². The van der Waals surface area contributed by atoms with E-state index in [2.05, 4.69) is 5.32 Å². The molecule has 24 heavy (non-hydrogen) atoms. The fourth-order valence-electron chi connectivity index (χ4n) is 3.33. The second kappa shape index (κ2) is 6.37. The zero-order valence-corrected chi connectivity index (χ0v) is 15.3. The zero-order valence-electron chi connectivity index (χ0n) is 14.5. The van der Waals surface area contributed by atoms with Crippen molar-refractivity contribution in [3.8, 4) is 0 Å². The van der Waals surface area contributed by atoms with Gasteiger partial charge in [0, 0.05) is 32.2 Å². The fourth-order valence-corrected chi connectivity index (χ4v) is 5.16. The fraction of sp³-hybridized carbons (Fsp3) is 0.588. The molecule has 1 aliphatic heterocycles. The highest BCUT2D eigenvalue weighted by Crippen LogP contribution is 2.26. The van der Waals surface area contributed by atoms with Crippen LogP contribution >= 0.6 is 0 Å². The van der Waals surface area contributed by atoms with Crippen molar-refractivity contribution in [2.24, 2.45) is 0 Å². The molecule has 132 valence electrons. The number of nitrogens with one attached hydrogen (secondary N) is 1. The molecule has 2 amide bonds. The maximum absolute atomic E-state index is 13.0. The minimum Gasteiger partial charge on any atom is -0.335 e. The lowest BCUT2D eigenvalue weighted by molar-refractivity contribution is 0.172. The maximum atomic E-state index is 13.0. The van der Waals surface area contributed by atoms with E-state index in [-0.39, 0.29) is 6.03 Å². The lowest BCUT2D eigenvalue weighted by Crippen LogP contribution is -2.53. The molecule has 3 rings (SSSR count). The van der Waals surface area contributed by atoms with Gasteiger partial charge in [-0.15, -0.1) is 0 Å². The van der Waals surface area contributed by atoms with E-state index in [9.17, 15) is 13.2 Å². The summed E-state index contributed by atoms with van der Waals surface area (Å²) in [6.45, 7) is 7.19. The summed E-state index contributed by atoms with van der Waals surface area (Å²) in [5.74, 6) is 0. The number of amides is 2. The third-order valence-electron chi connectivity index (χ3n) is 4.63. The Balaban J connectivity index is 1.72. The number of hydrogen-bond acceptors (Lipinski definition) is 3. The summed E-state index contributed by atoms with van der Waals surface area (Å²) in [6.07, 6.45) is 2.10. The van der Waals surface area contributed by atoms with Crippen LogP contribution in [0.1, 0.15) is 29.5 Å². The first-order valence-corrected chi connectivity index (χ1v) is 9.86. The SMILES string of the molecule is Cc1cc(C)c(S(=O)(=O)N2CCN(C(=O)NC3CC3)CC2)c(C)c1. The van der Waals surface area contributed by atoms with Crippen molar-refractivity contribution in [3.05, 3.63) is 28.8 Å². The number of nitrogens with zero attached hydrogens (tertiary/aromatic N) is 2. The second-order valence-electron chi connectivity index (χ2n) is 6.84. The summed E-state index contributed by atoms with van der Waals surface area (Å²) in [5.41, 5.74) is 2.62. The molecule has 0 aromatic heterocycles. The second-order valence-corrected chi connectivity index (χ2v) is 8.72. The summed E-state index contributed by atoms with van der Waals surface area (Å²) >= 11 is 0. The Morgan fingerprint density at radius 1 is 1.04 bits per heavy atom. The quantitative estimate of drug-likeness (QED) is 0.903. The molecule has 1 N–H and O–H groups in total. The first-order valence-electron chi connectivity index (χ1n) is 8.42. The summed E-state index contributed by atoms with van der Waals surface area (Å²) in [6, 6.07) is 4.05. The Morgan fingerprint density at radius 2 is 1.58 bits per heavy atom. The van der Waals surface area contributed by atoms with E-state index < -0.39 is 10.0 Å². The molecule has 0 spiro atoms. The molecule has 0 bridgehead atoms. The Labute approximate surface area is 143 Å². The molecular weight excluding hydrogens is 326 g/mol. The van der Waals surface area contributed by atoms with Crippen LogP contribution in [0, 0.1) is 20.8 Å². The molecule has 0 unspecified atom stereocenters. The van der Waals surface area contributed by atoms with E-state index in [4.69, 9.17) is 0 Å². The van der Waals surface area contributed by atoms with Crippen LogP contribution in [0.3, 0.4) is 0 Å². The van der Waals surface area contributed by atoms with Crippen LogP contribution in [-0.2, 0) is 10.0 Å². The number of rotatable bonds is 3. The molecule has 7 heteroatoms. The van der Waals surface area contributed by atoms with E-state index in [0.717, 1.165) is 29.5 Å². The van der Waals surface area contributed by atoms with Gasteiger partial charge in [0.15, 0.2) is 0 Å². The minimum absolute atomic E-state index is 0.0720. The Morgan fingerprint density at radius 3 is 2.08 bits per heavy atom. The van der Waals surface area contributed by atoms with Gasteiger partial charge in [-0.05, 0) is 44.7 Å². The van der Waals surface area contributed by atoms with E-state index in [1.807, 2.05) is 32.9 Å². The number of sulfonamides is 1. The molecule has 1 saturated heterocycles. The van der Waals surface area contributed by atoms with E-state index in [0.29, 0.717) is 37.1 Å². The van der Waals surface area contributed by atoms with E-state index in [1.54, 1.807) is 4.90 Å². The Bertz CT molecular complexity index is 725. The average Bonchev–Trinajstić information content (AvgIpc) is 3.30. The predicted molar refractivity (Wildman–Crippen MR) is 92.5 cm³/mol. The monoisotopic (exact) mass is 351 g/mol. The molecule has 1 aromatic carbocycles. The van der Waals surface area contributed by atoms with Crippen LogP contribution in [0.15, 0.2) is 17.0 Å². The summed E-state index contributed by atoms with van der Waals surface area (Å²) in [7, 11) is -3.53. The number of benzene rings is 1. The van der Waals surface area contributed by atoms with Crippen LogP contribution in [0.4, 0.5) is 4.79 Å². The average molecular weight is 351 g/mol. The van der Waals surface area contributed by atoms with Gasteiger partial charge in [-0.3, -0.25) is 0 Å². The molecule has 1 saturated carbocycles. The molecular formula is C17H25N3O3S. The van der Waals surface area contributed by atoms with Crippen molar-refractivity contribution < 1.29 is 13.2 Å². The van der Waals surface area contributed by atoms with Gasteiger partial charge in [-0.1, -0.05) is 17.7 Å². The zero-order chi connectivity index (χ0) is 17.5. The molecule has 1 aromatic rings. The lowest BCUT2D eigenvalue weighted by Gasteiger charge is -2.34. The highest BCUT2D eigenvalue weighted by atomic mass is 32.2. The topological polar surface area (TPSA) is 69.7 Å². The minimum atomic E-state index is -3.53. The number of urea groups is 1. The molecule has 2 fully saturated rings. The van der Waals surface area contributed by atoms with Crippen molar-refractivity contribution in [1.82, 2.24) is 14.5 Å². The van der Waals surface area contributed by atoms with Gasteiger partial charge in [-0.2, -0.15) is 4.31 Å². The van der Waals surface area contributed by atoms with Crippen LogP contribution in [0.5, 0.6) is 0 Å². The van der Waals surface area contributed by atoms with Gasteiger partial charge in [0.2, 0.25) is 10.0 Å². The van der Waals surface area contributed by atoms with E-state index in [1.165, 1.54) is 4.31 Å². The standard InChI is InChI=1S/C17H25N3O3S/c1-12-10-13(2)16(14(3)11-12)24(22,23)20-8-6-19(7-9-20)17(21)18-15-4-5-15/h10-11,15H,4-9H2,1-3H3,(H,18,21). The molecule has 2 aliphatic rings. The normalized spacial score (nSPS) is 19.4. The smallest absolute Gasteiger partial charge is 0.317 e. The third-order valence-corrected chi connectivity index (χ3v) is 6.84. The predicted octanol–water partition coefficient (Wildman–Crippen LogP) is 1.79. The van der Waals surface area contributed by atoms with Gasteiger partial charge in [0.25, 0.3) is 0 Å². The molecule has 0 atom stereocenters. The third kappa shape index (κ3) is 3.42. The van der Waals surface area contributed by atoms with Gasteiger partial charge >= 0.3 is 6.03 Å². The number of aryl methyl sites for hydroxylation is 3. The molecule has 1 heterocycles. The van der Waals surface area contributed by atoms with Crippen molar-refractivity contribution in [3.63, 3.8) is 0 Å². The highest BCUT2D eigenvalue weighted by molar-refractivity contribution is 7.89. The largest absolute Gasteiger partial charge is 0.335 e. The van der Waals surface area contributed by atoms with Gasteiger partial charge < -0.3 is 10.2 Å². The number of hydrogen-bond donors (Lipinski definition) is 1. The van der Waals surface area contributed by atoms with Gasteiger partial charge in [0.1, 0.15) is 0 Å². The van der Waals surface area contributed by atoms with Crippen molar-refractivity contribution in [2.75, 3.05) is 26.2 Å². The van der Waals surface area contributed by atoms with Crippen molar-refractivity contribution in [1.29, 1.82) is 0 Å². The Kier molecular flexibility index (Phi) is 4.57. The van der Waals surface area contributed by atoms with E-state index >= 15 is 0 Å². The van der Waals surface area contributed by atoms with Crippen LogP contribution in [0.25, 0.3) is 0 Å². The number of piperazine rings is 1. The lowest BCUT2D eigenvalue weighted by atomic mass is 10.1.